The maximum atomic E-state index is 3.51. The zero-order chi connectivity index (χ0) is 11.2. The summed E-state index contributed by atoms with van der Waals surface area (Å²) in [7, 11) is 0. The summed E-state index contributed by atoms with van der Waals surface area (Å²) in [6.07, 6.45) is 8.82. The summed E-state index contributed by atoms with van der Waals surface area (Å²) < 4.78 is 0. The van der Waals surface area contributed by atoms with Crippen molar-refractivity contribution in [2.24, 2.45) is 11.8 Å². The molecule has 2 aliphatic rings. The Bertz CT molecular complexity index is 187. The van der Waals surface area contributed by atoms with Gasteiger partial charge in [0.15, 0.2) is 0 Å². The second kappa shape index (κ2) is 6.61. The highest BCUT2D eigenvalue weighted by molar-refractivity contribution is 4.78. The van der Waals surface area contributed by atoms with Crippen LogP contribution in [0.3, 0.4) is 0 Å². The molecule has 0 bridgehead atoms. The summed E-state index contributed by atoms with van der Waals surface area (Å²) >= 11 is 0. The molecule has 0 amide bonds. The predicted octanol–water partition coefficient (Wildman–Crippen LogP) is 2.50. The minimum absolute atomic E-state index is 0.912. The first-order chi connectivity index (χ1) is 7.88. The standard InChI is InChI=1S/C14H28N2/c1-2-15-10-14-8-5-9-16(12-14)11-13-6-3-4-7-13/h13-15H,2-12H2,1H3. The molecule has 0 aromatic heterocycles. The Labute approximate surface area is 101 Å². The van der Waals surface area contributed by atoms with Gasteiger partial charge < -0.3 is 10.2 Å². The van der Waals surface area contributed by atoms with E-state index in [2.05, 4.69) is 17.1 Å². The van der Waals surface area contributed by atoms with Gasteiger partial charge in [-0.05, 0) is 57.2 Å². The summed E-state index contributed by atoms with van der Waals surface area (Å²) in [5.41, 5.74) is 0. The lowest BCUT2D eigenvalue weighted by Gasteiger charge is -2.34. The lowest BCUT2D eigenvalue weighted by Crippen LogP contribution is -2.41. The highest BCUT2D eigenvalue weighted by atomic mass is 15.1. The minimum Gasteiger partial charge on any atom is -0.317 e. The predicted molar refractivity (Wildman–Crippen MR) is 69.7 cm³/mol. The Morgan fingerprint density at radius 1 is 1.06 bits per heavy atom. The van der Waals surface area contributed by atoms with E-state index in [1.807, 2.05) is 0 Å². The molecule has 2 nitrogen and oxygen atoms in total. The van der Waals surface area contributed by atoms with Crippen LogP contribution in [-0.2, 0) is 0 Å². The van der Waals surface area contributed by atoms with Crippen LogP contribution in [0.4, 0.5) is 0 Å². The monoisotopic (exact) mass is 224 g/mol. The summed E-state index contributed by atoms with van der Waals surface area (Å²) in [6.45, 7) is 8.67. The van der Waals surface area contributed by atoms with Crippen LogP contribution >= 0.6 is 0 Å². The van der Waals surface area contributed by atoms with Gasteiger partial charge in [-0.25, -0.2) is 0 Å². The summed E-state index contributed by atoms with van der Waals surface area (Å²) in [5, 5.41) is 3.51. The highest BCUT2D eigenvalue weighted by Gasteiger charge is 2.23. The quantitative estimate of drug-likeness (QED) is 0.772. The van der Waals surface area contributed by atoms with Crippen LogP contribution in [0.25, 0.3) is 0 Å². The molecular formula is C14H28N2. The van der Waals surface area contributed by atoms with Crippen LogP contribution in [0, 0.1) is 11.8 Å². The molecule has 2 fully saturated rings. The van der Waals surface area contributed by atoms with Crippen molar-refractivity contribution >= 4 is 0 Å². The average molecular weight is 224 g/mol. The molecule has 1 N–H and O–H groups in total. The normalized spacial score (nSPS) is 28.7. The number of likely N-dealkylation sites (tertiary alicyclic amines) is 1. The Morgan fingerprint density at radius 2 is 1.81 bits per heavy atom. The molecule has 0 aromatic carbocycles. The molecule has 1 heterocycles. The number of hydrogen-bond donors (Lipinski definition) is 1. The second-order valence-electron chi connectivity index (χ2n) is 5.73. The first kappa shape index (κ1) is 12.4. The molecule has 0 spiro atoms. The number of nitrogens with one attached hydrogen (secondary N) is 1. The van der Waals surface area contributed by atoms with Gasteiger partial charge in [0.05, 0.1) is 0 Å². The molecule has 94 valence electrons. The summed E-state index contributed by atoms with van der Waals surface area (Å²) in [6, 6.07) is 0. The topological polar surface area (TPSA) is 15.3 Å². The molecule has 1 atom stereocenters. The van der Waals surface area contributed by atoms with Crippen LogP contribution in [0.5, 0.6) is 0 Å². The molecule has 1 unspecified atom stereocenters. The van der Waals surface area contributed by atoms with Crippen LogP contribution in [-0.4, -0.2) is 37.6 Å². The van der Waals surface area contributed by atoms with E-state index in [1.165, 1.54) is 64.7 Å². The first-order valence-corrected chi connectivity index (χ1v) is 7.31. The number of nitrogens with zero attached hydrogens (tertiary/aromatic N) is 1. The van der Waals surface area contributed by atoms with Gasteiger partial charge in [0.2, 0.25) is 0 Å². The Hall–Kier alpha value is -0.0800. The minimum atomic E-state index is 0.912. The Kier molecular flexibility index (Phi) is 5.11. The van der Waals surface area contributed by atoms with E-state index in [0.29, 0.717) is 0 Å². The van der Waals surface area contributed by atoms with E-state index in [9.17, 15) is 0 Å². The smallest absolute Gasteiger partial charge is 0.00219 e. The average Bonchev–Trinajstić information content (AvgIpc) is 2.80. The van der Waals surface area contributed by atoms with Gasteiger partial charge in [0.1, 0.15) is 0 Å². The van der Waals surface area contributed by atoms with E-state index in [0.717, 1.165) is 18.4 Å². The van der Waals surface area contributed by atoms with Gasteiger partial charge in [0, 0.05) is 13.1 Å². The van der Waals surface area contributed by atoms with Gasteiger partial charge in [-0.2, -0.15) is 0 Å². The van der Waals surface area contributed by atoms with Crippen LogP contribution in [0.2, 0.25) is 0 Å². The van der Waals surface area contributed by atoms with Gasteiger partial charge >= 0.3 is 0 Å². The van der Waals surface area contributed by atoms with Gasteiger partial charge in [-0.1, -0.05) is 19.8 Å². The molecular weight excluding hydrogens is 196 g/mol. The van der Waals surface area contributed by atoms with Crippen molar-refractivity contribution in [1.29, 1.82) is 0 Å². The van der Waals surface area contributed by atoms with E-state index in [1.54, 1.807) is 0 Å². The number of piperidine rings is 1. The van der Waals surface area contributed by atoms with E-state index in [4.69, 9.17) is 0 Å². The SMILES string of the molecule is CCNCC1CCCN(CC2CCCC2)C1. The van der Waals surface area contributed by atoms with E-state index in [-0.39, 0.29) is 0 Å². The zero-order valence-corrected chi connectivity index (χ0v) is 10.9. The van der Waals surface area contributed by atoms with Crippen molar-refractivity contribution in [2.75, 3.05) is 32.7 Å². The van der Waals surface area contributed by atoms with Crippen molar-refractivity contribution in [3.05, 3.63) is 0 Å². The zero-order valence-electron chi connectivity index (χ0n) is 10.9. The van der Waals surface area contributed by atoms with Crippen molar-refractivity contribution < 1.29 is 0 Å². The maximum Gasteiger partial charge on any atom is 0.00219 e. The van der Waals surface area contributed by atoms with E-state index < -0.39 is 0 Å². The molecule has 1 saturated heterocycles. The summed E-state index contributed by atoms with van der Waals surface area (Å²) in [4.78, 5) is 2.74. The lowest BCUT2D eigenvalue weighted by molar-refractivity contribution is 0.151. The third-order valence-corrected chi connectivity index (χ3v) is 4.28. The lowest BCUT2D eigenvalue weighted by atomic mass is 9.96. The van der Waals surface area contributed by atoms with Crippen molar-refractivity contribution in [2.45, 2.75) is 45.4 Å². The number of rotatable bonds is 5. The fraction of sp³-hybridized carbons (Fsp3) is 1.00. The Morgan fingerprint density at radius 3 is 2.56 bits per heavy atom. The van der Waals surface area contributed by atoms with Crippen LogP contribution in [0.15, 0.2) is 0 Å². The molecule has 2 rings (SSSR count). The first-order valence-electron chi connectivity index (χ1n) is 7.31. The molecule has 0 aromatic rings. The molecule has 2 heteroatoms. The summed E-state index contributed by atoms with van der Waals surface area (Å²) in [5.74, 6) is 1.94. The third kappa shape index (κ3) is 3.74. The number of hydrogen-bond acceptors (Lipinski definition) is 2. The molecule has 1 saturated carbocycles. The maximum absolute atomic E-state index is 3.51. The molecule has 1 aliphatic heterocycles. The fourth-order valence-electron chi connectivity index (χ4n) is 3.39. The van der Waals surface area contributed by atoms with Crippen LogP contribution < -0.4 is 5.32 Å². The highest BCUT2D eigenvalue weighted by Crippen LogP contribution is 2.27. The molecule has 0 radical (unpaired) electrons. The fourth-order valence-corrected chi connectivity index (χ4v) is 3.39. The molecule has 1 aliphatic carbocycles. The van der Waals surface area contributed by atoms with Crippen molar-refractivity contribution in [3.63, 3.8) is 0 Å². The third-order valence-electron chi connectivity index (χ3n) is 4.28. The van der Waals surface area contributed by atoms with E-state index >= 15 is 0 Å². The van der Waals surface area contributed by atoms with Crippen LogP contribution in [0.1, 0.15) is 45.4 Å². The molecule has 16 heavy (non-hydrogen) atoms. The van der Waals surface area contributed by atoms with Gasteiger partial charge in [-0.15, -0.1) is 0 Å². The van der Waals surface area contributed by atoms with Gasteiger partial charge in [-0.3, -0.25) is 0 Å². The second-order valence-corrected chi connectivity index (χ2v) is 5.73. The van der Waals surface area contributed by atoms with Gasteiger partial charge in [0.25, 0.3) is 0 Å². The Balaban J connectivity index is 1.68. The largest absolute Gasteiger partial charge is 0.317 e. The van der Waals surface area contributed by atoms with Crippen molar-refractivity contribution in [3.8, 4) is 0 Å². The van der Waals surface area contributed by atoms with Crippen molar-refractivity contribution in [1.82, 2.24) is 10.2 Å².